The third kappa shape index (κ3) is 4.77. The maximum Gasteiger partial charge on any atom is 0.270 e. The Bertz CT molecular complexity index is 1030. The SMILES string of the molecule is CCCCN1C(=O)/C(=C/c2c(C)c(C#N)c(=O)n(CCC)c2N2CCN(C)CC2)SC1=S. The number of amides is 1. The quantitative estimate of drug-likeness (QED) is 0.445. The van der Waals surface area contributed by atoms with Crippen LogP contribution in [0.25, 0.3) is 6.08 Å². The summed E-state index contributed by atoms with van der Waals surface area (Å²) in [5.74, 6) is 0.712. The van der Waals surface area contributed by atoms with E-state index in [2.05, 4.69) is 29.8 Å². The molecule has 1 amide bonds. The molecule has 3 rings (SSSR count). The number of hydrogen-bond donors (Lipinski definition) is 0. The van der Waals surface area contributed by atoms with Crippen molar-refractivity contribution < 1.29 is 4.79 Å². The maximum atomic E-state index is 13.2. The Morgan fingerprint density at radius 3 is 2.41 bits per heavy atom. The van der Waals surface area contributed by atoms with Gasteiger partial charge in [-0.1, -0.05) is 44.2 Å². The molecule has 2 fully saturated rings. The molecule has 2 saturated heterocycles. The summed E-state index contributed by atoms with van der Waals surface area (Å²) in [4.78, 5) is 33.0. The molecule has 1 aromatic heterocycles. The van der Waals surface area contributed by atoms with E-state index in [9.17, 15) is 14.9 Å². The van der Waals surface area contributed by atoms with Crippen LogP contribution in [0.1, 0.15) is 49.8 Å². The number of carbonyl (C=O) groups is 1. The number of unbranched alkanes of at least 4 members (excludes halogenated alkanes) is 1. The first-order valence-electron chi connectivity index (χ1n) is 11.2. The van der Waals surface area contributed by atoms with E-state index in [1.54, 1.807) is 16.4 Å². The molecular formula is C23H31N5O2S2. The summed E-state index contributed by atoms with van der Waals surface area (Å²) >= 11 is 6.77. The fraction of sp³-hybridized carbons (Fsp3) is 0.565. The van der Waals surface area contributed by atoms with E-state index in [1.807, 2.05) is 13.0 Å². The molecule has 2 aliphatic heterocycles. The largest absolute Gasteiger partial charge is 0.355 e. The van der Waals surface area contributed by atoms with Crippen molar-refractivity contribution >= 4 is 46.1 Å². The lowest BCUT2D eigenvalue weighted by atomic mass is 10.0. The monoisotopic (exact) mass is 473 g/mol. The van der Waals surface area contributed by atoms with Gasteiger partial charge in [0.25, 0.3) is 11.5 Å². The molecule has 3 heterocycles. The van der Waals surface area contributed by atoms with Gasteiger partial charge in [-0.25, -0.2) is 0 Å². The molecule has 0 aliphatic carbocycles. The number of nitrogens with zero attached hydrogens (tertiary/aromatic N) is 5. The fourth-order valence-corrected chi connectivity index (χ4v) is 5.36. The summed E-state index contributed by atoms with van der Waals surface area (Å²) < 4.78 is 2.29. The molecule has 1 aromatic rings. The minimum Gasteiger partial charge on any atom is -0.355 e. The molecule has 0 aromatic carbocycles. The summed E-state index contributed by atoms with van der Waals surface area (Å²) in [6.45, 7) is 10.4. The highest BCUT2D eigenvalue weighted by Gasteiger charge is 2.33. The molecule has 0 atom stereocenters. The Kier molecular flexibility index (Phi) is 8.15. The molecular weight excluding hydrogens is 442 g/mol. The standard InChI is InChI=1S/C23H31N5O2S2/c1-5-7-9-28-22(30)19(32-23(28)31)14-17-16(3)18(15-24)21(29)27(8-6-2)20(17)26-12-10-25(4)11-13-26/h14H,5-13H2,1-4H3/b19-14-. The zero-order valence-electron chi connectivity index (χ0n) is 19.3. The topological polar surface area (TPSA) is 72.6 Å². The van der Waals surface area contributed by atoms with Gasteiger partial charge in [-0.05, 0) is 38.5 Å². The third-order valence-corrected chi connectivity index (χ3v) is 7.36. The molecule has 7 nitrogen and oxygen atoms in total. The number of thioether (sulfide) groups is 1. The third-order valence-electron chi connectivity index (χ3n) is 5.98. The van der Waals surface area contributed by atoms with Gasteiger partial charge in [0.15, 0.2) is 0 Å². The number of anilines is 1. The second-order valence-electron chi connectivity index (χ2n) is 8.28. The van der Waals surface area contributed by atoms with E-state index in [-0.39, 0.29) is 17.0 Å². The van der Waals surface area contributed by atoms with Gasteiger partial charge < -0.3 is 9.80 Å². The molecule has 0 saturated carbocycles. The molecule has 2 aliphatic rings. The average molecular weight is 474 g/mol. The molecule has 32 heavy (non-hydrogen) atoms. The maximum absolute atomic E-state index is 13.2. The van der Waals surface area contributed by atoms with Gasteiger partial charge in [0.05, 0.1) is 4.91 Å². The number of pyridine rings is 1. The number of thiocarbonyl (C=S) groups is 1. The van der Waals surface area contributed by atoms with E-state index in [1.165, 1.54) is 11.8 Å². The highest BCUT2D eigenvalue weighted by molar-refractivity contribution is 8.26. The van der Waals surface area contributed by atoms with Gasteiger partial charge in [-0.3, -0.25) is 19.1 Å². The Hall–Kier alpha value is -2.15. The van der Waals surface area contributed by atoms with Crippen molar-refractivity contribution in [3.05, 3.63) is 31.9 Å². The van der Waals surface area contributed by atoms with Crippen LogP contribution < -0.4 is 10.5 Å². The van der Waals surface area contributed by atoms with Crippen molar-refractivity contribution in [2.75, 3.05) is 44.7 Å². The first-order valence-corrected chi connectivity index (χ1v) is 12.4. The van der Waals surface area contributed by atoms with Gasteiger partial charge in [-0.15, -0.1) is 0 Å². The van der Waals surface area contributed by atoms with Gasteiger partial charge in [0.2, 0.25) is 0 Å². The smallest absolute Gasteiger partial charge is 0.270 e. The Morgan fingerprint density at radius 1 is 1.12 bits per heavy atom. The molecule has 0 spiro atoms. The van der Waals surface area contributed by atoms with E-state index < -0.39 is 0 Å². The molecule has 0 unspecified atom stereocenters. The second-order valence-corrected chi connectivity index (χ2v) is 9.96. The molecule has 172 valence electrons. The van der Waals surface area contributed by atoms with Crippen molar-refractivity contribution in [3.8, 4) is 6.07 Å². The van der Waals surface area contributed by atoms with Crippen molar-refractivity contribution in [2.45, 2.75) is 46.6 Å². The van der Waals surface area contributed by atoms with Crippen LogP contribution in [0.2, 0.25) is 0 Å². The van der Waals surface area contributed by atoms with Crippen LogP contribution in [0.15, 0.2) is 9.70 Å². The summed E-state index contributed by atoms with van der Waals surface area (Å²) in [6, 6.07) is 2.10. The van der Waals surface area contributed by atoms with Crippen molar-refractivity contribution in [2.24, 2.45) is 0 Å². The highest BCUT2D eigenvalue weighted by atomic mass is 32.2. The van der Waals surface area contributed by atoms with E-state index >= 15 is 0 Å². The summed E-state index contributed by atoms with van der Waals surface area (Å²) in [5.41, 5.74) is 1.28. The minimum atomic E-state index is -0.256. The zero-order valence-corrected chi connectivity index (χ0v) is 20.9. The van der Waals surface area contributed by atoms with Crippen LogP contribution in [0.5, 0.6) is 0 Å². The van der Waals surface area contributed by atoms with Gasteiger partial charge >= 0.3 is 0 Å². The number of likely N-dealkylation sites (N-methyl/N-ethyl adjacent to an activating group) is 1. The Balaban J connectivity index is 2.18. The molecule has 0 bridgehead atoms. The molecule has 0 N–H and O–H groups in total. The van der Waals surface area contributed by atoms with Crippen LogP contribution in [0.3, 0.4) is 0 Å². The first kappa shape index (κ1) is 24.5. The van der Waals surface area contributed by atoms with Gasteiger partial charge in [0.1, 0.15) is 21.8 Å². The summed E-state index contributed by atoms with van der Waals surface area (Å²) in [7, 11) is 2.09. The van der Waals surface area contributed by atoms with E-state index in [4.69, 9.17) is 12.2 Å². The number of piperazine rings is 1. The normalized spacial score (nSPS) is 18.7. The Labute approximate surface area is 199 Å². The lowest BCUT2D eigenvalue weighted by Gasteiger charge is -2.36. The van der Waals surface area contributed by atoms with Crippen LogP contribution in [0.4, 0.5) is 5.82 Å². The number of rotatable bonds is 7. The lowest BCUT2D eigenvalue weighted by Crippen LogP contribution is -2.47. The van der Waals surface area contributed by atoms with E-state index in [0.717, 1.165) is 56.8 Å². The van der Waals surface area contributed by atoms with Gasteiger partial charge in [-0.2, -0.15) is 5.26 Å². The second kappa shape index (κ2) is 10.6. The van der Waals surface area contributed by atoms with Crippen LogP contribution in [0, 0.1) is 18.3 Å². The van der Waals surface area contributed by atoms with Gasteiger partial charge in [0, 0.05) is 44.8 Å². The number of carbonyl (C=O) groups excluding carboxylic acids is 1. The molecule has 0 radical (unpaired) electrons. The molecule has 9 heteroatoms. The number of hydrogen-bond acceptors (Lipinski definition) is 7. The first-order chi connectivity index (χ1) is 15.3. The zero-order chi connectivity index (χ0) is 23.4. The van der Waals surface area contributed by atoms with Crippen molar-refractivity contribution in [1.29, 1.82) is 5.26 Å². The number of aromatic nitrogens is 1. The van der Waals surface area contributed by atoms with Crippen molar-refractivity contribution in [3.63, 3.8) is 0 Å². The lowest BCUT2D eigenvalue weighted by molar-refractivity contribution is -0.122. The van der Waals surface area contributed by atoms with Crippen molar-refractivity contribution in [1.82, 2.24) is 14.4 Å². The highest BCUT2D eigenvalue weighted by Crippen LogP contribution is 2.36. The van der Waals surface area contributed by atoms with Crippen LogP contribution in [-0.4, -0.2) is 64.4 Å². The predicted octanol–water partition coefficient (Wildman–Crippen LogP) is 3.19. The minimum absolute atomic E-state index is 0.0936. The van der Waals surface area contributed by atoms with Crippen LogP contribution in [-0.2, 0) is 11.3 Å². The summed E-state index contributed by atoms with van der Waals surface area (Å²) in [5, 5.41) is 9.74. The van der Waals surface area contributed by atoms with E-state index in [0.29, 0.717) is 27.9 Å². The predicted molar refractivity (Wildman–Crippen MR) is 135 cm³/mol. The average Bonchev–Trinajstić information content (AvgIpc) is 3.04. The fourth-order valence-electron chi connectivity index (χ4n) is 4.07. The summed E-state index contributed by atoms with van der Waals surface area (Å²) in [6.07, 6.45) is 4.50. The number of nitriles is 1. The Morgan fingerprint density at radius 2 is 1.81 bits per heavy atom. The van der Waals surface area contributed by atoms with Crippen LogP contribution >= 0.6 is 24.0 Å².